The third-order valence-electron chi connectivity index (χ3n) is 3.56. The Morgan fingerprint density at radius 3 is 2.71 bits per heavy atom. The summed E-state index contributed by atoms with van der Waals surface area (Å²) in [5, 5.41) is 11.5. The number of carboxylic acids is 1. The second kappa shape index (κ2) is 5.59. The monoisotopic (exact) mass is 294 g/mol. The third kappa shape index (κ3) is 2.91. The summed E-state index contributed by atoms with van der Waals surface area (Å²) in [5.41, 5.74) is -0.894. The first-order valence-corrected chi connectivity index (χ1v) is 6.83. The number of unbranched alkanes of at least 4 members (excludes halogenated alkanes) is 1. The zero-order valence-corrected chi connectivity index (χ0v) is 12.0. The van der Waals surface area contributed by atoms with Crippen LogP contribution in [0, 0.1) is 0 Å². The van der Waals surface area contributed by atoms with Crippen molar-refractivity contribution in [3.8, 4) is 0 Å². The molecule has 7 heteroatoms. The van der Waals surface area contributed by atoms with Crippen molar-refractivity contribution in [2.45, 2.75) is 45.2 Å². The number of urea groups is 1. The maximum Gasteiger partial charge on any atom is 0.371 e. The van der Waals surface area contributed by atoms with Gasteiger partial charge < -0.3 is 14.8 Å². The van der Waals surface area contributed by atoms with Crippen LogP contribution in [-0.4, -0.2) is 33.5 Å². The second-order valence-corrected chi connectivity index (χ2v) is 5.33. The summed E-state index contributed by atoms with van der Waals surface area (Å²) in [6, 6.07) is 2.27. The lowest BCUT2D eigenvalue weighted by Crippen LogP contribution is -2.43. The number of carbonyl (C=O) groups is 3. The van der Waals surface area contributed by atoms with Crippen LogP contribution in [0.3, 0.4) is 0 Å². The predicted molar refractivity (Wildman–Crippen MR) is 72.7 cm³/mol. The molecular weight excluding hydrogens is 276 g/mol. The molecule has 7 nitrogen and oxygen atoms in total. The zero-order chi connectivity index (χ0) is 15.6. The van der Waals surface area contributed by atoms with Crippen molar-refractivity contribution in [3.63, 3.8) is 0 Å². The van der Waals surface area contributed by atoms with Crippen molar-refractivity contribution >= 4 is 17.9 Å². The highest BCUT2D eigenvalue weighted by Crippen LogP contribution is 2.25. The fourth-order valence-electron chi connectivity index (χ4n) is 2.32. The zero-order valence-electron chi connectivity index (χ0n) is 12.0. The number of carboxylic acid groups (broad SMARTS) is 1. The minimum absolute atomic E-state index is 0.0698. The van der Waals surface area contributed by atoms with E-state index in [4.69, 9.17) is 9.52 Å². The van der Waals surface area contributed by atoms with Crippen LogP contribution in [-0.2, 0) is 11.3 Å². The Balaban J connectivity index is 2.11. The van der Waals surface area contributed by atoms with E-state index < -0.39 is 17.5 Å². The Hall–Kier alpha value is -2.31. The van der Waals surface area contributed by atoms with Crippen molar-refractivity contribution in [1.29, 1.82) is 0 Å². The summed E-state index contributed by atoms with van der Waals surface area (Å²) in [7, 11) is 0. The van der Waals surface area contributed by atoms with E-state index in [1.54, 1.807) is 6.92 Å². The normalized spacial score (nSPS) is 21.7. The fraction of sp³-hybridized carbons (Fsp3) is 0.500. The highest BCUT2D eigenvalue weighted by Gasteiger charge is 2.47. The van der Waals surface area contributed by atoms with Crippen LogP contribution in [0.15, 0.2) is 16.5 Å². The molecule has 1 aliphatic rings. The first kappa shape index (κ1) is 15.1. The van der Waals surface area contributed by atoms with Crippen LogP contribution in [0.2, 0.25) is 0 Å². The van der Waals surface area contributed by atoms with Crippen LogP contribution < -0.4 is 5.32 Å². The Labute approximate surface area is 121 Å². The average molecular weight is 294 g/mol. The summed E-state index contributed by atoms with van der Waals surface area (Å²) in [6.07, 6.45) is 2.34. The molecule has 114 valence electrons. The molecule has 0 spiro atoms. The SMILES string of the molecule is CCCCC1(C)NC(=O)N(Cc2ccc(C(=O)O)o2)C1=O. The predicted octanol–water partition coefficient (Wildman–Crippen LogP) is 1.98. The Kier molecular flexibility index (Phi) is 4.02. The minimum Gasteiger partial charge on any atom is -0.475 e. The van der Waals surface area contributed by atoms with Gasteiger partial charge in [0.1, 0.15) is 11.3 Å². The molecule has 0 bridgehead atoms. The Morgan fingerprint density at radius 2 is 2.14 bits per heavy atom. The van der Waals surface area contributed by atoms with Crippen LogP contribution >= 0.6 is 0 Å². The summed E-state index contributed by atoms with van der Waals surface area (Å²) in [6.45, 7) is 3.64. The van der Waals surface area contributed by atoms with Gasteiger partial charge in [-0.3, -0.25) is 9.69 Å². The number of imide groups is 1. The molecule has 0 aliphatic carbocycles. The largest absolute Gasteiger partial charge is 0.475 e. The number of carbonyl (C=O) groups excluding carboxylic acids is 2. The molecule has 1 atom stereocenters. The highest BCUT2D eigenvalue weighted by molar-refractivity contribution is 6.06. The summed E-state index contributed by atoms with van der Waals surface area (Å²) in [4.78, 5) is 36.1. The highest BCUT2D eigenvalue weighted by atomic mass is 16.4. The van der Waals surface area contributed by atoms with E-state index in [-0.39, 0.29) is 24.0 Å². The molecule has 0 radical (unpaired) electrons. The van der Waals surface area contributed by atoms with Gasteiger partial charge in [0.25, 0.3) is 5.91 Å². The molecule has 1 aromatic rings. The Bertz CT molecular complexity index is 580. The van der Waals surface area contributed by atoms with E-state index in [2.05, 4.69) is 5.32 Å². The maximum absolute atomic E-state index is 12.4. The quantitative estimate of drug-likeness (QED) is 0.781. The number of furan rings is 1. The second-order valence-electron chi connectivity index (χ2n) is 5.33. The molecule has 2 N–H and O–H groups in total. The first-order valence-electron chi connectivity index (χ1n) is 6.83. The molecule has 3 amide bonds. The van der Waals surface area contributed by atoms with Gasteiger partial charge in [-0.2, -0.15) is 0 Å². The molecule has 1 fully saturated rings. The van der Waals surface area contributed by atoms with Crippen molar-refractivity contribution in [1.82, 2.24) is 10.2 Å². The number of nitrogens with one attached hydrogen (secondary N) is 1. The molecule has 1 unspecified atom stereocenters. The molecule has 21 heavy (non-hydrogen) atoms. The molecule has 2 rings (SSSR count). The lowest BCUT2D eigenvalue weighted by atomic mass is 9.95. The number of hydrogen-bond donors (Lipinski definition) is 2. The lowest BCUT2D eigenvalue weighted by molar-refractivity contribution is -0.131. The summed E-state index contributed by atoms with van der Waals surface area (Å²) in [5.74, 6) is -1.46. The van der Waals surface area contributed by atoms with Crippen molar-refractivity contribution < 1.29 is 23.9 Å². The van der Waals surface area contributed by atoms with Crippen LogP contribution in [0.1, 0.15) is 49.4 Å². The average Bonchev–Trinajstić information content (AvgIpc) is 2.97. The smallest absolute Gasteiger partial charge is 0.371 e. The van der Waals surface area contributed by atoms with Gasteiger partial charge in [0, 0.05) is 0 Å². The number of aromatic carboxylic acids is 1. The molecule has 0 aromatic carbocycles. The van der Waals surface area contributed by atoms with E-state index in [0.717, 1.165) is 17.7 Å². The molecule has 2 heterocycles. The van der Waals surface area contributed by atoms with E-state index in [0.29, 0.717) is 6.42 Å². The number of hydrogen-bond acceptors (Lipinski definition) is 4. The number of rotatable bonds is 6. The van der Waals surface area contributed by atoms with Crippen LogP contribution in [0.25, 0.3) is 0 Å². The molecule has 0 saturated carbocycles. The van der Waals surface area contributed by atoms with Gasteiger partial charge in [-0.05, 0) is 25.5 Å². The summed E-state index contributed by atoms with van der Waals surface area (Å²) >= 11 is 0. The van der Waals surface area contributed by atoms with Crippen molar-refractivity contribution in [2.75, 3.05) is 0 Å². The first-order chi connectivity index (χ1) is 9.87. The van der Waals surface area contributed by atoms with Gasteiger partial charge >= 0.3 is 12.0 Å². The van der Waals surface area contributed by atoms with E-state index in [1.807, 2.05) is 6.92 Å². The van der Waals surface area contributed by atoms with Gasteiger partial charge in [-0.15, -0.1) is 0 Å². The van der Waals surface area contributed by atoms with Gasteiger partial charge in [0.15, 0.2) is 0 Å². The van der Waals surface area contributed by atoms with Crippen molar-refractivity contribution in [2.24, 2.45) is 0 Å². The third-order valence-corrected chi connectivity index (χ3v) is 3.56. The lowest BCUT2D eigenvalue weighted by Gasteiger charge is -2.20. The maximum atomic E-state index is 12.4. The fourth-order valence-corrected chi connectivity index (χ4v) is 2.32. The van der Waals surface area contributed by atoms with Gasteiger partial charge in [-0.1, -0.05) is 19.8 Å². The van der Waals surface area contributed by atoms with Gasteiger partial charge in [-0.25, -0.2) is 9.59 Å². The van der Waals surface area contributed by atoms with E-state index in [9.17, 15) is 14.4 Å². The van der Waals surface area contributed by atoms with E-state index in [1.165, 1.54) is 12.1 Å². The molecular formula is C14H18N2O5. The molecule has 1 saturated heterocycles. The molecule has 1 aliphatic heterocycles. The number of amides is 3. The van der Waals surface area contributed by atoms with E-state index >= 15 is 0 Å². The summed E-state index contributed by atoms with van der Waals surface area (Å²) < 4.78 is 5.08. The standard InChI is InChI=1S/C14H18N2O5/c1-3-4-7-14(2)12(19)16(13(20)15-14)8-9-5-6-10(21-9)11(17)18/h5-6H,3-4,7-8H2,1-2H3,(H,15,20)(H,17,18). The number of nitrogens with zero attached hydrogens (tertiary/aromatic N) is 1. The van der Waals surface area contributed by atoms with Gasteiger partial charge in [0.2, 0.25) is 5.76 Å². The van der Waals surface area contributed by atoms with Crippen LogP contribution in [0.4, 0.5) is 4.79 Å². The van der Waals surface area contributed by atoms with Gasteiger partial charge in [0.05, 0.1) is 6.54 Å². The topological polar surface area (TPSA) is 99.8 Å². The molecule has 1 aromatic heterocycles. The minimum atomic E-state index is -1.19. The Morgan fingerprint density at radius 1 is 1.43 bits per heavy atom. The van der Waals surface area contributed by atoms with Crippen LogP contribution in [0.5, 0.6) is 0 Å². The van der Waals surface area contributed by atoms with Crippen molar-refractivity contribution in [3.05, 3.63) is 23.7 Å².